The van der Waals surface area contributed by atoms with Gasteiger partial charge in [-0.15, -0.1) is 0 Å². The lowest BCUT2D eigenvalue weighted by atomic mass is 9.98. The van der Waals surface area contributed by atoms with Gasteiger partial charge in [-0.2, -0.15) is 0 Å². The highest BCUT2D eigenvalue weighted by molar-refractivity contribution is 5.29. The largest absolute Gasteiger partial charge is 0.0622 e. The topological polar surface area (TPSA) is 0 Å². The molecule has 0 heteroatoms. The summed E-state index contributed by atoms with van der Waals surface area (Å²) in [6.45, 7) is 4.45. The highest BCUT2D eigenvalue weighted by atomic mass is 14.1. The third-order valence-corrected chi connectivity index (χ3v) is 2.79. The predicted octanol–water partition coefficient (Wildman–Crippen LogP) is 4.20. The first-order valence-corrected chi connectivity index (χ1v) is 5.80. The fraction of sp³-hybridized carbons (Fsp3) is 0.250. The summed E-state index contributed by atoms with van der Waals surface area (Å²) < 4.78 is 0. The molecule has 81 valence electrons. The van der Waals surface area contributed by atoms with Gasteiger partial charge in [0.05, 0.1) is 0 Å². The Morgan fingerprint density at radius 3 is 2.50 bits per heavy atom. The molecule has 0 aromatic heterocycles. The van der Waals surface area contributed by atoms with Crippen LogP contribution in [0.4, 0.5) is 0 Å². The van der Waals surface area contributed by atoms with E-state index in [2.05, 4.69) is 62.4 Å². The molecule has 0 bridgehead atoms. The van der Waals surface area contributed by atoms with Crippen molar-refractivity contribution < 1.29 is 0 Å². The molecule has 0 aliphatic heterocycles. The van der Waals surface area contributed by atoms with Gasteiger partial charge in [0.2, 0.25) is 0 Å². The van der Waals surface area contributed by atoms with Crippen LogP contribution in [-0.2, 0) is 6.42 Å². The molecule has 2 aromatic rings. The predicted molar refractivity (Wildman–Crippen MR) is 68.6 cm³/mol. The molecule has 16 heavy (non-hydrogen) atoms. The zero-order chi connectivity index (χ0) is 11.4. The molecule has 0 aliphatic rings. The van der Waals surface area contributed by atoms with E-state index in [9.17, 15) is 0 Å². The Labute approximate surface area is 97.9 Å². The maximum Gasteiger partial charge on any atom is -0.00195 e. The van der Waals surface area contributed by atoms with Gasteiger partial charge in [0.15, 0.2) is 0 Å². The molecule has 0 spiro atoms. The maximum atomic E-state index is 3.31. The van der Waals surface area contributed by atoms with Gasteiger partial charge < -0.3 is 0 Å². The van der Waals surface area contributed by atoms with Gasteiger partial charge in [0.1, 0.15) is 0 Å². The average Bonchev–Trinajstić information content (AvgIpc) is 2.30. The van der Waals surface area contributed by atoms with Crippen molar-refractivity contribution >= 4 is 0 Å². The molecule has 0 nitrogen and oxygen atoms in total. The van der Waals surface area contributed by atoms with Crippen LogP contribution in [0.2, 0.25) is 0 Å². The fourth-order valence-corrected chi connectivity index (χ4v) is 1.81. The molecule has 0 saturated carbocycles. The van der Waals surface area contributed by atoms with E-state index in [-0.39, 0.29) is 0 Å². The summed E-state index contributed by atoms with van der Waals surface area (Å²) in [5.74, 6) is 0.587. The lowest BCUT2D eigenvalue weighted by molar-refractivity contribution is 0.863. The molecule has 0 N–H and O–H groups in total. The number of benzene rings is 2. The molecule has 0 heterocycles. The van der Waals surface area contributed by atoms with E-state index in [1.165, 1.54) is 16.7 Å². The van der Waals surface area contributed by atoms with Crippen LogP contribution in [0.15, 0.2) is 48.5 Å². The van der Waals surface area contributed by atoms with Gasteiger partial charge in [-0.25, -0.2) is 0 Å². The summed E-state index contributed by atoms with van der Waals surface area (Å²) in [4.78, 5) is 0. The monoisotopic (exact) mass is 209 g/mol. The summed E-state index contributed by atoms with van der Waals surface area (Å²) in [7, 11) is 0. The van der Waals surface area contributed by atoms with E-state index in [4.69, 9.17) is 0 Å². The molecular weight excluding hydrogens is 192 g/mol. The van der Waals surface area contributed by atoms with Crippen molar-refractivity contribution in [1.29, 1.82) is 0 Å². The molecule has 0 fully saturated rings. The summed E-state index contributed by atoms with van der Waals surface area (Å²) in [5, 5.41) is 0. The molecule has 2 rings (SSSR count). The van der Waals surface area contributed by atoms with Gasteiger partial charge in [0.25, 0.3) is 0 Å². The number of hydrogen-bond acceptors (Lipinski definition) is 0. The van der Waals surface area contributed by atoms with Gasteiger partial charge in [0, 0.05) is 0 Å². The first kappa shape index (κ1) is 10.9. The minimum absolute atomic E-state index is 0.587. The highest BCUT2D eigenvalue weighted by Crippen LogP contribution is 2.17. The normalized spacial score (nSPS) is 10.7. The van der Waals surface area contributed by atoms with E-state index < -0.39 is 0 Å². The fourth-order valence-electron chi connectivity index (χ4n) is 1.81. The average molecular weight is 209 g/mol. The third-order valence-electron chi connectivity index (χ3n) is 2.79. The minimum Gasteiger partial charge on any atom is -0.0622 e. The van der Waals surface area contributed by atoms with Crippen molar-refractivity contribution in [3.63, 3.8) is 0 Å². The van der Waals surface area contributed by atoms with Crippen LogP contribution >= 0.6 is 0 Å². The van der Waals surface area contributed by atoms with Crippen molar-refractivity contribution in [2.45, 2.75) is 26.2 Å². The quantitative estimate of drug-likeness (QED) is 0.710. The van der Waals surface area contributed by atoms with Gasteiger partial charge in [-0.05, 0) is 35.1 Å². The number of rotatable bonds is 3. The Balaban J connectivity index is 2.19. The molecule has 0 unspecified atom stereocenters. The number of hydrogen-bond donors (Lipinski definition) is 0. The lowest BCUT2D eigenvalue weighted by Gasteiger charge is -2.07. The Kier molecular flexibility index (Phi) is 3.40. The zero-order valence-corrected chi connectivity index (χ0v) is 9.90. The minimum atomic E-state index is 0.587. The second-order valence-corrected chi connectivity index (χ2v) is 4.46. The molecule has 0 saturated heterocycles. The molecule has 0 atom stereocenters. The van der Waals surface area contributed by atoms with Crippen LogP contribution in [0, 0.1) is 6.07 Å². The summed E-state index contributed by atoms with van der Waals surface area (Å²) in [6.07, 6.45) is 0.974. The molecule has 1 radical (unpaired) electrons. The zero-order valence-electron chi connectivity index (χ0n) is 9.90. The Bertz CT molecular complexity index is 441. The van der Waals surface area contributed by atoms with Crippen LogP contribution in [0.1, 0.15) is 36.5 Å². The SMILES string of the molecule is CC(C)c1cc[c]c(Cc2ccccc2)c1. The third kappa shape index (κ3) is 2.73. The van der Waals surface area contributed by atoms with E-state index in [1.54, 1.807) is 0 Å². The highest BCUT2D eigenvalue weighted by Gasteiger charge is 2.01. The molecule has 2 aromatic carbocycles. The summed E-state index contributed by atoms with van der Waals surface area (Å²) >= 11 is 0. The lowest BCUT2D eigenvalue weighted by Crippen LogP contribution is -1.92. The van der Waals surface area contributed by atoms with Crippen LogP contribution in [0.25, 0.3) is 0 Å². The van der Waals surface area contributed by atoms with Crippen molar-refractivity contribution in [3.8, 4) is 0 Å². The second-order valence-electron chi connectivity index (χ2n) is 4.46. The molecule has 0 amide bonds. The standard InChI is InChI=1S/C16H17/c1-13(2)16-10-6-9-15(12-16)11-14-7-4-3-5-8-14/h3-8,10,12-13H,11H2,1-2H3. The van der Waals surface area contributed by atoms with Crippen LogP contribution < -0.4 is 0 Å². The first-order valence-electron chi connectivity index (χ1n) is 5.80. The molecule has 0 aliphatic carbocycles. The van der Waals surface area contributed by atoms with Crippen molar-refractivity contribution in [2.24, 2.45) is 0 Å². The Morgan fingerprint density at radius 1 is 1.06 bits per heavy atom. The summed E-state index contributed by atoms with van der Waals surface area (Å²) in [6, 6.07) is 20.3. The van der Waals surface area contributed by atoms with E-state index >= 15 is 0 Å². The van der Waals surface area contributed by atoms with Gasteiger partial charge in [-0.1, -0.05) is 62.4 Å². The Hall–Kier alpha value is -1.56. The van der Waals surface area contributed by atoms with E-state index in [0.717, 1.165) is 6.42 Å². The van der Waals surface area contributed by atoms with Gasteiger partial charge >= 0.3 is 0 Å². The first-order chi connectivity index (χ1) is 7.75. The summed E-state index contributed by atoms with van der Waals surface area (Å²) in [5.41, 5.74) is 4.02. The second kappa shape index (κ2) is 4.98. The van der Waals surface area contributed by atoms with Gasteiger partial charge in [-0.3, -0.25) is 0 Å². The smallest absolute Gasteiger partial charge is 0.00195 e. The van der Waals surface area contributed by atoms with Crippen molar-refractivity contribution in [1.82, 2.24) is 0 Å². The van der Waals surface area contributed by atoms with Crippen LogP contribution in [0.3, 0.4) is 0 Å². The van der Waals surface area contributed by atoms with E-state index in [0.29, 0.717) is 5.92 Å². The van der Waals surface area contributed by atoms with E-state index in [1.807, 2.05) is 6.07 Å². The van der Waals surface area contributed by atoms with Crippen LogP contribution in [0.5, 0.6) is 0 Å². The maximum absolute atomic E-state index is 3.31. The van der Waals surface area contributed by atoms with Crippen molar-refractivity contribution in [3.05, 3.63) is 71.3 Å². The van der Waals surface area contributed by atoms with Crippen LogP contribution in [-0.4, -0.2) is 0 Å². The molecular formula is C16H17. The Morgan fingerprint density at radius 2 is 1.81 bits per heavy atom. The van der Waals surface area contributed by atoms with Crippen molar-refractivity contribution in [2.75, 3.05) is 0 Å².